The molecule has 1 aliphatic heterocycles. The van der Waals surface area contributed by atoms with Gasteiger partial charge in [0.15, 0.2) is 0 Å². The van der Waals surface area contributed by atoms with Gasteiger partial charge in [0, 0.05) is 0 Å². The number of carbonyl (C=O) groups is 1. The number of thiol groups is 1. The maximum atomic E-state index is 13.5. The highest BCUT2D eigenvalue weighted by molar-refractivity contribution is 8.22. The molecule has 0 saturated heterocycles. The number of likely N-dealkylation sites (N-methyl/N-ethyl adjacent to an activating group) is 1. The molecule has 2 N–H and O–H groups in total. The minimum Gasteiger partial charge on any atom is -0.320 e. The first-order valence-electron chi connectivity index (χ1n) is 10.8. The summed E-state index contributed by atoms with van der Waals surface area (Å²) in [5.41, 5.74) is 1.90. The zero-order valence-corrected chi connectivity index (χ0v) is 19.7. The molecule has 3 aromatic rings. The van der Waals surface area contributed by atoms with Crippen molar-refractivity contribution in [1.82, 2.24) is 9.88 Å². The molecule has 0 saturated carbocycles. The van der Waals surface area contributed by atoms with E-state index in [-0.39, 0.29) is 35.3 Å². The third-order valence-corrected chi connectivity index (χ3v) is 7.47. The van der Waals surface area contributed by atoms with Crippen LogP contribution in [-0.4, -0.2) is 23.6 Å². The monoisotopic (exact) mass is 481 g/mol. The van der Waals surface area contributed by atoms with Crippen LogP contribution in [0.3, 0.4) is 0 Å². The van der Waals surface area contributed by atoms with Crippen molar-refractivity contribution in [2.45, 2.75) is 24.4 Å². The number of allylic oxidation sites excluding steroid dienone is 2. The SMILES string of the molecule is CN[C@@H](C)C(=O)Nc1ccc(-c2ccc(F)cc2)n(Cc2cccc([SH]3C=CC(F)=C3)c2)c1=O. The highest BCUT2D eigenvalue weighted by Gasteiger charge is 2.17. The number of halogens is 2. The predicted octanol–water partition coefficient (Wildman–Crippen LogP) is 4.95. The Labute approximate surface area is 199 Å². The van der Waals surface area contributed by atoms with Gasteiger partial charge in [0.25, 0.3) is 5.56 Å². The summed E-state index contributed by atoms with van der Waals surface area (Å²) in [6.07, 6.45) is 1.47. The predicted molar refractivity (Wildman–Crippen MR) is 134 cm³/mol. The van der Waals surface area contributed by atoms with Crippen molar-refractivity contribution in [1.29, 1.82) is 0 Å². The molecule has 0 aliphatic carbocycles. The average molecular weight is 482 g/mol. The second-order valence-electron chi connectivity index (χ2n) is 7.94. The fourth-order valence-electron chi connectivity index (χ4n) is 3.60. The number of benzene rings is 2. The van der Waals surface area contributed by atoms with Gasteiger partial charge >= 0.3 is 0 Å². The molecule has 34 heavy (non-hydrogen) atoms. The van der Waals surface area contributed by atoms with E-state index >= 15 is 0 Å². The maximum Gasteiger partial charge on any atom is 0.275 e. The van der Waals surface area contributed by atoms with Gasteiger partial charge in [0.1, 0.15) is 17.3 Å². The van der Waals surface area contributed by atoms with E-state index in [2.05, 4.69) is 10.6 Å². The van der Waals surface area contributed by atoms with Gasteiger partial charge < -0.3 is 15.2 Å². The lowest BCUT2D eigenvalue weighted by molar-refractivity contribution is -0.117. The molecular formula is C26H25F2N3O2S. The number of hydrogen-bond acceptors (Lipinski definition) is 3. The Bertz CT molecular complexity index is 1330. The second-order valence-corrected chi connectivity index (χ2v) is 9.82. The highest BCUT2D eigenvalue weighted by atomic mass is 32.2. The lowest BCUT2D eigenvalue weighted by atomic mass is 10.1. The van der Waals surface area contributed by atoms with Crippen LogP contribution in [0.4, 0.5) is 14.5 Å². The second kappa shape index (κ2) is 10.2. The van der Waals surface area contributed by atoms with Crippen molar-refractivity contribution in [2.24, 2.45) is 0 Å². The summed E-state index contributed by atoms with van der Waals surface area (Å²) in [6.45, 7) is 1.92. The van der Waals surface area contributed by atoms with E-state index < -0.39 is 16.9 Å². The van der Waals surface area contributed by atoms with Gasteiger partial charge in [-0.05, 0) is 95.4 Å². The van der Waals surface area contributed by atoms with Crippen molar-refractivity contribution in [3.05, 3.63) is 105 Å². The van der Waals surface area contributed by atoms with Gasteiger partial charge in [-0.2, -0.15) is 10.9 Å². The number of carbonyl (C=O) groups excluding carboxylic acids is 1. The van der Waals surface area contributed by atoms with Crippen molar-refractivity contribution in [3.8, 4) is 11.3 Å². The largest absolute Gasteiger partial charge is 0.320 e. The molecule has 2 atom stereocenters. The summed E-state index contributed by atoms with van der Waals surface area (Å²) >= 11 is 0. The number of amides is 1. The Morgan fingerprint density at radius 3 is 2.53 bits per heavy atom. The van der Waals surface area contributed by atoms with Gasteiger partial charge in [-0.25, -0.2) is 8.78 Å². The van der Waals surface area contributed by atoms with Gasteiger partial charge in [-0.3, -0.25) is 9.59 Å². The quantitative estimate of drug-likeness (QED) is 0.419. The highest BCUT2D eigenvalue weighted by Crippen LogP contribution is 2.44. The molecule has 0 fully saturated rings. The van der Waals surface area contributed by atoms with Crippen LogP contribution in [0.2, 0.25) is 0 Å². The zero-order chi connectivity index (χ0) is 24.2. The van der Waals surface area contributed by atoms with Crippen molar-refractivity contribution in [2.75, 3.05) is 12.4 Å². The molecule has 5 nitrogen and oxygen atoms in total. The van der Waals surface area contributed by atoms with E-state index in [1.807, 2.05) is 29.7 Å². The Morgan fingerprint density at radius 2 is 1.85 bits per heavy atom. The lowest BCUT2D eigenvalue weighted by Gasteiger charge is -2.18. The molecule has 2 heterocycles. The van der Waals surface area contributed by atoms with Crippen LogP contribution in [-0.2, 0) is 11.3 Å². The molecule has 0 radical (unpaired) electrons. The summed E-state index contributed by atoms with van der Waals surface area (Å²) in [6, 6.07) is 16.4. The number of anilines is 1. The first kappa shape index (κ1) is 23.7. The number of aromatic nitrogens is 1. The molecule has 1 amide bonds. The number of nitrogens with one attached hydrogen (secondary N) is 2. The van der Waals surface area contributed by atoms with Crippen molar-refractivity contribution >= 4 is 22.5 Å². The van der Waals surface area contributed by atoms with Crippen molar-refractivity contribution in [3.63, 3.8) is 0 Å². The molecule has 0 spiro atoms. The topological polar surface area (TPSA) is 63.1 Å². The van der Waals surface area contributed by atoms with Gasteiger partial charge in [0.05, 0.1) is 18.3 Å². The van der Waals surface area contributed by atoms with E-state index in [9.17, 15) is 18.4 Å². The van der Waals surface area contributed by atoms with Crippen LogP contribution in [0.25, 0.3) is 11.3 Å². The van der Waals surface area contributed by atoms with E-state index in [4.69, 9.17) is 0 Å². The summed E-state index contributed by atoms with van der Waals surface area (Å²) in [5.74, 6) is -0.944. The van der Waals surface area contributed by atoms with Crippen molar-refractivity contribution < 1.29 is 13.6 Å². The van der Waals surface area contributed by atoms with Gasteiger partial charge in [-0.15, -0.1) is 0 Å². The minimum atomic E-state index is -0.871. The Kier molecular flexibility index (Phi) is 7.09. The zero-order valence-electron chi connectivity index (χ0n) is 18.8. The summed E-state index contributed by atoms with van der Waals surface area (Å²) < 4.78 is 28.6. The molecular weight excluding hydrogens is 456 g/mol. The lowest BCUT2D eigenvalue weighted by Crippen LogP contribution is -2.37. The van der Waals surface area contributed by atoms with E-state index in [0.29, 0.717) is 11.3 Å². The van der Waals surface area contributed by atoms with E-state index in [1.54, 1.807) is 48.2 Å². The molecule has 8 heteroatoms. The van der Waals surface area contributed by atoms with Gasteiger partial charge in [-0.1, -0.05) is 12.1 Å². The number of hydrogen-bond donors (Lipinski definition) is 3. The fourth-order valence-corrected chi connectivity index (χ4v) is 5.24. The Hall–Kier alpha value is -3.49. The fraction of sp³-hybridized carbons (Fsp3) is 0.154. The standard InChI is InChI=1S/C26H25F2N3O2S/c1-17(29-2)25(32)30-23-10-11-24(19-6-8-20(27)9-7-19)31(26(23)33)15-18-4-3-5-22(14-18)34-13-12-21(28)16-34/h3-14,16-17,29,34H,15H2,1-2H3,(H,30,32)/t17-/m0/s1. The van der Waals surface area contributed by atoms with Crippen LogP contribution in [0.1, 0.15) is 12.5 Å². The van der Waals surface area contributed by atoms with E-state index in [1.165, 1.54) is 18.2 Å². The third kappa shape index (κ3) is 5.18. The smallest absolute Gasteiger partial charge is 0.275 e. The minimum absolute atomic E-state index is 0.155. The van der Waals surface area contributed by atoms with Crippen LogP contribution in [0.15, 0.2) is 93.1 Å². The number of pyridine rings is 1. The molecule has 1 aliphatic rings. The summed E-state index contributed by atoms with van der Waals surface area (Å²) in [5, 5.41) is 8.98. The maximum absolute atomic E-state index is 13.5. The molecule has 4 rings (SSSR count). The number of rotatable bonds is 7. The third-order valence-electron chi connectivity index (χ3n) is 5.60. The van der Waals surface area contributed by atoms with Crippen LogP contribution < -0.4 is 16.2 Å². The first-order valence-corrected chi connectivity index (χ1v) is 12.2. The first-order chi connectivity index (χ1) is 16.4. The normalized spacial score (nSPS) is 16.8. The Morgan fingerprint density at radius 1 is 1.09 bits per heavy atom. The van der Waals surface area contributed by atoms with Gasteiger partial charge in [0.2, 0.25) is 5.91 Å². The van der Waals surface area contributed by atoms with E-state index in [0.717, 1.165) is 10.5 Å². The van der Waals surface area contributed by atoms with Crippen LogP contribution in [0.5, 0.6) is 0 Å². The molecule has 2 aromatic carbocycles. The average Bonchev–Trinajstić information content (AvgIpc) is 3.28. The summed E-state index contributed by atoms with van der Waals surface area (Å²) in [7, 11) is 0.791. The van der Waals surface area contributed by atoms with Crippen LogP contribution in [0, 0.1) is 5.82 Å². The number of nitrogens with zero attached hydrogens (tertiary/aromatic N) is 1. The Balaban J connectivity index is 1.75. The molecule has 1 unspecified atom stereocenters. The summed E-state index contributed by atoms with van der Waals surface area (Å²) in [4.78, 5) is 26.8. The molecule has 0 bridgehead atoms. The van der Waals surface area contributed by atoms with Crippen LogP contribution >= 0.6 is 10.9 Å². The molecule has 1 aromatic heterocycles. The molecule has 176 valence electrons.